The van der Waals surface area contributed by atoms with Crippen molar-refractivity contribution in [2.24, 2.45) is 0 Å². The topological polar surface area (TPSA) is 30.5 Å². The van der Waals surface area contributed by atoms with Gasteiger partial charge in [-0.2, -0.15) is 0 Å². The fraction of sp³-hybridized carbons (Fsp3) is 0.294. The van der Waals surface area contributed by atoms with Gasteiger partial charge < -0.3 is 14.8 Å². The summed E-state index contributed by atoms with van der Waals surface area (Å²) >= 11 is 0. The van der Waals surface area contributed by atoms with Gasteiger partial charge in [0.1, 0.15) is 5.82 Å². The molecular formula is C17H20FNO2. The van der Waals surface area contributed by atoms with Crippen molar-refractivity contribution in [3.8, 4) is 11.5 Å². The van der Waals surface area contributed by atoms with Gasteiger partial charge in [0.15, 0.2) is 11.5 Å². The SMILES string of the molecule is COc1ccc(C(C)Nc2cccc(F)c2C)cc1OC. The van der Waals surface area contributed by atoms with E-state index in [1.807, 2.05) is 31.2 Å². The summed E-state index contributed by atoms with van der Waals surface area (Å²) in [4.78, 5) is 0. The van der Waals surface area contributed by atoms with Gasteiger partial charge in [0.2, 0.25) is 0 Å². The molecule has 4 heteroatoms. The Balaban J connectivity index is 2.24. The van der Waals surface area contributed by atoms with Crippen molar-refractivity contribution in [2.45, 2.75) is 19.9 Å². The quantitative estimate of drug-likeness (QED) is 0.889. The van der Waals surface area contributed by atoms with E-state index in [-0.39, 0.29) is 11.9 Å². The van der Waals surface area contributed by atoms with Crippen LogP contribution < -0.4 is 14.8 Å². The number of rotatable bonds is 5. The van der Waals surface area contributed by atoms with E-state index in [1.165, 1.54) is 6.07 Å². The van der Waals surface area contributed by atoms with E-state index in [1.54, 1.807) is 27.2 Å². The Morgan fingerprint density at radius 1 is 1.05 bits per heavy atom. The Bertz CT molecular complexity index is 628. The van der Waals surface area contributed by atoms with E-state index in [2.05, 4.69) is 5.32 Å². The molecule has 0 aliphatic heterocycles. The summed E-state index contributed by atoms with van der Waals surface area (Å²) in [5, 5.41) is 3.32. The van der Waals surface area contributed by atoms with E-state index in [0.717, 1.165) is 11.3 Å². The standard InChI is InChI=1S/C17H20FNO2/c1-11-14(18)6-5-7-15(11)19-12(2)13-8-9-16(20-3)17(10-13)21-4/h5-10,12,19H,1-4H3. The molecule has 1 unspecified atom stereocenters. The van der Waals surface area contributed by atoms with Gasteiger partial charge in [-0.05, 0) is 43.7 Å². The average molecular weight is 289 g/mol. The van der Waals surface area contributed by atoms with Crippen molar-refractivity contribution in [1.29, 1.82) is 0 Å². The first-order valence-electron chi connectivity index (χ1n) is 6.80. The molecule has 21 heavy (non-hydrogen) atoms. The van der Waals surface area contributed by atoms with Crippen LogP contribution >= 0.6 is 0 Å². The van der Waals surface area contributed by atoms with Crippen molar-refractivity contribution in [2.75, 3.05) is 19.5 Å². The van der Waals surface area contributed by atoms with Crippen molar-refractivity contribution in [3.63, 3.8) is 0 Å². The summed E-state index contributed by atoms with van der Waals surface area (Å²) in [6.45, 7) is 3.78. The summed E-state index contributed by atoms with van der Waals surface area (Å²) in [7, 11) is 3.21. The zero-order chi connectivity index (χ0) is 15.4. The molecule has 3 nitrogen and oxygen atoms in total. The number of nitrogens with one attached hydrogen (secondary N) is 1. The van der Waals surface area contributed by atoms with Crippen LogP contribution in [0.3, 0.4) is 0 Å². The van der Waals surface area contributed by atoms with Gasteiger partial charge in [0.25, 0.3) is 0 Å². The van der Waals surface area contributed by atoms with Crippen LogP contribution in [0.25, 0.3) is 0 Å². The van der Waals surface area contributed by atoms with E-state index >= 15 is 0 Å². The molecule has 0 radical (unpaired) electrons. The predicted octanol–water partition coefficient (Wildman–Crippen LogP) is 4.32. The van der Waals surface area contributed by atoms with Gasteiger partial charge in [0.05, 0.1) is 14.2 Å². The van der Waals surface area contributed by atoms with Crippen molar-refractivity contribution >= 4 is 5.69 Å². The van der Waals surface area contributed by atoms with Crippen LogP contribution in [-0.2, 0) is 0 Å². The smallest absolute Gasteiger partial charge is 0.161 e. The first-order valence-corrected chi connectivity index (χ1v) is 6.80. The van der Waals surface area contributed by atoms with Crippen LogP contribution in [0.5, 0.6) is 11.5 Å². The van der Waals surface area contributed by atoms with Gasteiger partial charge in [-0.25, -0.2) is 4.39 Å². The van der Waals surface area contributed by atoms with Crippen molar-refractivity contribution in [3.05, 3.63) is 53.3 Å². The zero-order valence-electron chi connectivity index (χ0n) is 12.7. The maximum atomic E-state index is 13.6. The van der Waals surface area contributed by atoms with E-state index < -0.39 is 0 Å². The summed E-state index contributed by atoms with van der Waals surface area (Å²) < 4.78 is 24.1. The Kier molecular flexibility index (Phi) is 4.68. The van der Waals surface area contributed by atoms with Gasteiger partial charge in [0, 0.05) is 17.3 Å². The molecular weight excluding hydrogens is 269 g/mol. The molecule has 0 fully saturated rings. The first-order chi connectivity index (χ1) is 10.1. The average Bonchev–Trinajstić information content (AvgIpc) is 2.51. The summed E-state index contributed by atoms with van der Waals surface area (Å²) in [6.07, 6.45) is 0. The first kappa shape index (κ1) is 15.2. The second kappa shape index (κ2) is 6.48. The minimum absolute atomic E-state index is 0.0188. The molecule has 0 amide bonds. The number of methoxy groups -OCH3 is 2. The number of hydrogen-bond donors (Lipinski definition) is 1. The zero-order valence-corrected chi connectivity index (χ0v) is 12.7. The molecule has 2 aromatic carbocycles. The third kappa shape index (κ3) is 3.27. The molecule has 0 aliphatic rings. The molecule has 2 rings (SSSR count). The van der Waals surface area contributed by atoms with Gasteiger partial charge >= 0.3 is 0 Å². The Labute approximate surface area is 124 Å². The van der Waals surface area contributed by atoms with Crippen LogP contribution in [-0.4, -0.2) is 14.2 Å². The largest absolute Gasteiger partial charge is 0.493 e. The number of ether oxygens (including phenoxy) is 2. The molecule has 0 aromatic heterocycles. The Morgan fingerprint density at radius 2 is 1.76 bits per heavy atom. The second-order valence-corrected chi connectivity index (χ2v) is 4.89. The molecule has 0 spiro atoms. The minimum Gasteiger partial charge on any atom is -0.493 e. The number of hydrogen-bond acceptors (Lipinski definition) is 3. The van der Waals surface area contributed by atoms with E-state index in [0.29, 0.717) is 17.1 Å². The van der Waals surface area contributed by atoms with Gasteiger partial charge in [-0.15, -0.1) is 0 Å². The monoisotopic (exact) mass is 289 g/mol. The summed E-state index contributed by atoms with van der Waals surface area (Å²) in [5.74, 6) is 1.16. The van der Waals surface area contributed by atoms with E-state index in [9.17, 15) is 4.39 Å². The maximum absolute atomic E-state index is 13.6. The highest BCUT2D eigenvalue weighted by atomic mass is 19.1. The predicted molar refractivity (Wildman–Crippen MR) is 82.7 cm³/mol. The molecule has 1 atom stereocenters. The molecule has 0 aliphatic carbocycles. The highest BCUT2D eigenvalue weighted by molar-refractivity contribution is 5.53. The Morgan fingerprint density at radius 3 is 2.43 bits per heavy atom. The van der Waals surface area contributed by atoms with Gasteiger partial charge in [-0.3, -0.25) is 0 Å². The van der Waals surface area contributed by atoms with Crippen LogP contribution in [0.4, 0.5) is 10.1 Å². The molecule has 0 saturated heterocycles. The third-order valence-electron chi connectivity index (χ3n) is 3.55. The molecule has 0 heterocycles. The maximum Gasteiger partial charge on any atom is 0.161 e. The minimum atomic E-state index is -0.209. The van der Waals surface area contributed by atoms with Crippen molar-refractivity contribution in [1.82, 2.24) is 0 Å². The molecule has 1 N–H and O–H groups in total. The lowest BCUT2D eigenvalue weighted by Crippen LogP contribution is -2.08. The van der Waals surface area contributed by atoms with Crippen LogP contribution in [0.15, 0.2) is 36.4 Å². The summed E-state index contributed by atoms with van der Waals surface area (Å²) in [6, 6.07) is 10.8. The summed E-state index contributed by atoms with van der Waals surface area (Å²) in [5.41, 5.74) is 2.44. The Hall–Kier alpha value is -2.23. The van der Waals surface area contributed by atoms with Crippen LogP contribution in [0.2, 0.25) is 0 Å². The fourth-order valence-corrected chi connectivity index (χ4v) is 2.20. The lowest BCUT2D eigenvalue weighted by molar-refractivity contribution is 0.354. The molecule has 112 valence electrons. The van der Waals surface area contributed by atoms with Gasteiger partial charge in [-0.1, -0.05) is 12.1 Å². The highest BCUT2D eigenvalue weighted by Crippen LogP contribution is 2.31. The number of benzene rings is 2. The number of halogens is 1. The van der Waals surface area contributed by atoms with Crippen molar-refractivity contribution < 1.29 is 13.9 Å². The number of anilines is 1. The lowest BCUT2D eigenvalue weighted by Gasteiger charge is -2.19. The third-order valence-corrected chi connectivity index (χ3v) is 3.55. The molecule has 2 aromatic rings. The molecule has 0 saturated carbocycles. The fourth-order valence-electron chi connectivity index (χ4n) is 2.20. The molecule has 0 bridgehead atoms. The second-order valence-electron chi connectivity index (χ2n) is 4.89. The van der Waals surface area contributed by atoms with E-state index in [4.69, 9.17) is 9.47 Å². The highest BCUT2D eigenvalue weighted by Gasteiger charge is 2.12. The normalized spacial score (nSPS) is 11.9. The van der Waals surface area contributed by atoms with Crippen LogP contribution in [0, 0.1) is 12.7 Å². The van der Waals surface area contributed by atoms with Crippen LogP contribution in [0.1, 0.15) is 24.1 Å². The lowest BCUT2D eigenvalue weighted by atomic mass is 10.1.